The first kappa shape index (κ1) is 9.46. The summed E-state index contributed by atoms with van der Waals surface area (Å²) < 4.78 is 0. The molecule has 0 aromatic heterocycles. The molecular formula is C10H16O2. The molecule has 0 spiro atoms. The maximum absolute atomic E-state index is 11.3. The van der Waals surface area contributed by atoms with E-state index in [9.17, 15) is 9.90 Å². The van der Waals surface area contributed by atoms with Gasteiger partial charge >= 0.3 is 0 Å². The smallest absolute Gasteiger partial charge is 0.138 e. The molecule has 1 saturated carbocycles. The Morgan fingerprint density at radius 1 is 1.67 bits per heavy atom. The molecular weight excluding hydrogens is 152 g/mol. The van der Waals surface area contributed by atoms with Gasteiger partial charge in [0.15, 0.2) is 0 Å². The van der Waals surface area contributed by atoms with Crippen molar-refractivity contribution in [3.63, 3.8) is 0 Å². The normalized spacial score (nSPS) is 36.6. The van der Waals surface area contributed by atoms with Crippen molar-refractivity contribution in [1.29, 1.82) is 0 Å². The highest BCUT2D eigenvalue weighted by Crippen LogP contribution is 2.30. The number of carbonyl (C=O) groups is 1. The third-order valence-electron chi connectivity index (χ3n) is 2.76. The summed E-state index contributed by atoms with van der Waals surface area (Å²) in [4.78, 5) is 11.3. The summed E-state index contributed by atoms with van der Waals surface area (Å²) in [6, 6.07) is 0. The molecule has 1 fully saturated rings. The average molecular weight is 168 g/mol. The van der Waals surface area contributed by atoms with Crippen molar-refractivity contribution in [2.75, 3.05) is 0 Å². The number of hydrogen-bond donors (Lipinski definition) is 1. The number of ketones is 1. The lowest BCUT2D eigenvalue weighted by atomic mass is 9.77. The van der Waals surface area contributed by atoms with E-state index in [2.05, 4.69) is 6.58 Å². The standard InChI is InChI=1S/C10H16O2/c1-6(2)8-4-9(11)7(3)10(12)5-8/h7-9,11H,1,4-5H2,2-3H3/t7-,8+,9+/m1/s1. The molecule has 2 nitrogen and oxygen atoms in total. The monoisotopic (exact) mass is 168 g/mol. The van der Waals surface area contributed by atoms with Gasteiger partial charge in [0.25, 0.3) is 0 Å². The van der Waals surface area contributed by atoms with Crippen molar-refractivity contribution in [3.8, 4) is 0 Å². The van der Waals surface area contributed by atoms with Gasteiger partial charge in [-0.2, -0.15) is 0 Å². The van der Waals surface area contributed by atoms with Gasteiger partial charge in [0.2, 0.25) is 0 Å². The number of aliphatic hydroxyl groups is 1. The van der Waals surface area contributed by atoms with Gasteiger partial charge in [-0.1, -0.05) is 19.1 Å². The third-order valence-corrected chi connectivity index (χ3v) is 2.76. The lowest BCUT2D eigenvalue weighted by molar-refractivity contribution is -0.129. The Morgan fingerprint density at radius 3 is 2.67 bits per heavy atom. The number of aliphatic hydroxyl groups excluding tert-OH is 1. The molecule has 2 heteroatoms. The highest BCUT2D eigenvalue weighted by molar-refractivity contribution is 5.82. The molecule has 1 rings (SSSR count). The first-order chi connectivity index (χ1) is 5.52. The second-order valence-corrected chi connectivity index (χ2v) is 3.81. The Balaban J connectivity index is 2.66. The molecule has 3 atom stereocenters. The van der Waals surface area contributed by atoms with Crippen LogP contribution < -0.4 is 0 Å². The molecule has 68 valence electrons. The lowest BCUT2D eigenvalue weighted by Crippen LogP contribution is -2.35. The molecule has 12 heavy (non-hydrogen) atoms. The van der Waals surface area contributed by atoms with Crippen LogP contribution in [0.25, 0.3) is 0 Å². The summed E-state index contributed by atoms with van der Waals surface area (Å²) in [5, 5.41) is 9.51. The number of rotatable bonds is 1. The Kier molecular flexibility index (Phi) is 2.68. The molecule has 0 unspecified atom stereocenters. The average Bonchev–Trinajstić information content (AvgIpc) is 1.99. The Hall–Kier alpha value is -0.630. The predicted molar refractivity (Wildman–Crippen MR) is 47.7 cm³/mol. The Morgan fingerprint density at radius 2 is 2.25 bits per heavy atom. The number of allylic oxidation sites excluding steroid dienone is 1. The number of hydrogen-bond acceptors (Lipinski definition) is 2. The fourth-order valence-corrected chi connectivity index (χ4v) is 1.60. The van der Waals surface area contributed by atoms with E-state index in [1.165, 1.54) is 0 Å². The third kappa shape index (κ3) is 1.75. The van der Waals surface area contributed by atoms with Crippen molar-refractivity contribution >= 4 is 5.78 Å². The van der Waals surface area contributed by atoms with E-state index in [4.69, 9.17) is 0 Å². The molecule has 0 aromatic carbocycles. The van der Waals surface area contributed by atoms with Crippen LogP contribution in [0.5, 0.6) is 0 Å². The fraction of sp³-hybridized carbons (Fsp3) is 0.700. The van der Waals surface area contributed by atoms with Crippen LogP contribution in [0.1, 0.15) is 26.7 Å². The number of carbonyl (C=O) groups excluding carboxylic acids is 1. The first-order valence-electron chi connectivity index (χ1n) is 4.38. The van der Waals surface area contributed by atoms with E-state index >= 15 is 0 Å². The molecule has 0 heterocycles. The van der Waals surface area contributed by atoms with Gasteiger partial charge < -0.3 is 5.11 Å². The van der Waals surface area contributed by atoms with E-state index in [1.54, 1.807) is 6.92 Å². The van der Waals surface area contributed by atoms with Gasteiger partial charge in [-0.05, 0) is 19.3 Å². The largest absolute Gasteiger partial charge is 0.392 e. The molecule has 1 aliphatic rings. The Bertz CT molecular complexity index is 208. The molecule has 0 aliphatic heterocycles. The van der Waals surface area contributed by atoms with Crippen LogP contribution in [-0.4, -0.2) is 17.0 Å². The van der Waals surface area contributed by atoms with E-state index in [-0.39, 0.29) is 17.6 Å². The van der Waals surface area contributed by atoms with Crippen LogP contribution in [0, 0.1) is 11.8 Å². The zero-order valence-electron chi connectivity index (χ0n) is 7.71. The summed E-state index contributed by atoms with van der Waals surface area (Å²) in [5.41, 5.74) is 1.01. The highest BCUT2D eigenvalue weighted by Gasteiger charge is 2.32. The lowest BCUT2D eigenvalue weighted by Gasteiger charge is -2.30. The summed E-state index contributed by atoms with van der Waals surface area (Å²) in [6.07, 6.45) is 0.795. The minimum Gasteiger partial charge on any atom is -0.392 e. The van der Waals surface area contributed by atoms with Crippen LogP contribution in [0.4, 0.5) is 0 Å². The van der Waals surface area contributed by atoms with Gasteiger partial charge in [0.05, 0.1) is 6.10 Å². The minimum absolute atomic E-state index is 0.168. The quantitative estimate of drug-likeness (QED) is 0.603. The highest BCUT2D eigenvalue weighted by atomic mass is 16.3. The molecule has 0 bridgehead atoms. The van der Waals surface area contributed by atoms with Crippen molar-refractivity contribution in [2.24, 2.45) is 11.8 Å². The molecule has 0 saturated heterocycles. The summed E-state index contributed by atoms with van der Waals surface area (Å²) >= 11 is 0. The second kappa shape index (κ2) is 3.40. The van der Waals surface area contributed by atoms with Gasteiger partial charge in [-0.15, -0.1) is 0 Å². The molecule has 0 amide bonds. The van der Waals surface area contributed by atoms with Crippen molar-refractivity contribution in [3.05, 3.63) is 12.2 Å². The number of Topliss-reactive ketones (excluding diaryl/α,β-unsaturated/α-hetero) is 1. The van der Waals surface area contributed by atoms with Gasteiger partial charge in [-0.25, -0.2) is 0 Å². The maximum atomic E-state index is 11.3. The van der Waals surface area contributed by atoms with Crippen LogP contribution in [-0.2, 0) is 4.79 Å². The molecule has 0 radical (unpaired) electrons. The van der Waals surface area contributed by atoms with Crippen LogP contribution in [0.15, 0.2) is 12.2 Å². The van der Waals surface area contributed by atoms with Crippen molar-refractivity contribution in [2.45, 2.75) is 32.8 Å². The minimum atomic E-state index is -0.465. The van der Waals surface area contributed by atoms with E-state index in [0.29, 0.717) is 12.8 Å². The fourth-order valence-electron chi connectivity index (χ4n) is 1.60. The summed E-state index contributed by atoms with van der Waals surface area (Å²) in [7, 11) is 0. The van der Waals surface area contributed by atoms with Gasteiger partial charge in [0, 0.05) is 12.3 Å². The first-order valence-corrected chi connectivity index (χ1v) is 4.38. The topological polar surface area (TPSA) is 37.3 Å². The zero-order valence-corrected chi connectivity index (χ0v) is 7.71. The maximum Gasteiger partial charge on any atom is 0.138 e. The molecule has 1 N–H and O–H groups in total. The molecule has 0 aromatic rings. The van der Waals surface area contributed by atoms with Crippen LogP contribution in [0.2, 0.25) is 0 Å². The summed E-state index contributed by atoms with van der Waals surface area (Å²) in [5.74, 6) is 0.186. The van der Waals surface area contributed by atoms with Crippen LogP contribution >= 0.6 is 0 Å². The predicted octanol–water partition coefficient (Wildman–Crippen LogP) is 1.54. The van der Waals surface area contributed by atoms with Gasteiger partial charge in [-0.3, -0.25) is 4.79 Å². The van der Waals surface area contributed by atoms with Crippen molar-refractivity contribution < 1.29 is 9.90 Å². The Labute approximate surface area is 73.3 Å². The zero-order chi connectivity index (χ0) is 9.30. The second-order valence-electron chi connectivity index (χ2n) is 3.81. The summed E-state index contributed by atoms with van der Waals surface area (Å²) in [6.45, 7) is 7.52. The molecule has 1 aliphatic carbocycles. The van der Waals surface area contributed by atoms with Gasteiger partial charge in [0.1, 0.15) is 5.78 Å². The SMILES string of the molecule is C=C(C)[C@@H]1CC(=O)[C@H](C)[C@@H](O)C1. The van der Waals surface area contributed by atoms with E-state index in [0.717, 1.165) is 5.57 Å². The van der Waals surface area contributed by atoms with Crippen molar-refractivity contribution in [1.82, 2.24) is 0 Å². The van der Waals surface area contributed by atoms with E-state index in [1.807, 2.05) is 6.92 Å². The van der Waals surface area contributed by atoms with E-state index < -0.39 is 6.10 Å². The van der Waals surface area contributed by atoms with Crippen LogP contribution in [0.3, 0.4) is 0 Å².